The number of nitrogens with one attached hydrogen (secondary N) is 1. The van der Waals surface area contributed by atoms with Gasteiger partial charge in [0.2, 0.25) is 0 Å². The molecule has 0 radical (unpaired) electrons. The van der Waals surface area contributed by atoms with Crippen LogP contribution in [0.25, 0.3) is 6.08 Å². The number of hydrogen-bond acceptors (Lipinski definition) is 4. The minimum absolute atomic E-state index is 0.273. The number of Topliss-reactive ketones (excluding diaryl/α,β-unsaturated/α-hetero) is 1. The van der Waals surface area contributed by atoms with Crippen LogP contribution < -0.4 is 5.32 Å². The molecule has 30 heavy (non-hydrogen) atoms. The largest absolute Gasteiger partial charge is 0.463 e. The molecular formula is C23H23F2NO4. The van der Waals surface area contributed by atoms with E-state index in [1.54, 1.807) is 44.2 Å². The van der Waals surface area contributed by atoms with Gasteiger partial charge in [0, 0.05) is 11.1 Å². The fraction of sp³-hybridized carbons (Fsp3) is 0.261. The molecule has 0 aliphatic carbocycles. The van der Waals surface area contributed by atoms with Crippen LogP contribution >= 0.6 is 0 Å². The number of rotatable bonds is 7. The minimum Gasteiger partial charge on any atom is -0.463 e. The number of esters is 1. The molecule has 2 rings (SSSR count). The third-order valence-corrected chi connectivity index (χ3v) is 4.34. The van der Waals surface area contributed by atoms with Gasteiger partial charge >= 0.3 is 5.97 Å². The standard InChI is InChI=1S/C23H23F2NO4/c1-5-30-22(29)14(2)13-15-9-11-16(12-10-15)20(27)23(3,4)26-21(28)19-17(24)7-6-8-18(19)25/h6-13H,5H2,1-4H3,(H,26,28)/b14-13+. The zero-order chi connectivity index (χ0) is 22.5. The minimum atomic E-state index is -1.41. The number of halogens is 2. The van der Waals surface area contributed by atoms with Gasteiger partial charge in [-0.1, -0.05) is 30.3 Å². The van der Waals surface area contributed by atoms with Crippen molar-refractivity contribution in [2.45, 2.75) is 33.2 Å². The van der Waals surface area contributed by atoms with Gasteiger partial charge in [-0.15, -0.1) is 0 Å². The number of ketones is 1. The zero-order valence-corrected chi connectivity index (χ0v) is 17.2. The monoisotopic (exact) mass is 415 g/mol. The third-order valence-electron chi connectivity index (χ3n) is 4.34. The van der Waals surface area contributed by atoms with Crippen LogP contribution in [0.3, 0.4) is 0 Å². The van der Waals surface area contributed by atoms with Crippen LogP contribution in [-0.4, -0.2) is 29.8 Å². The summed E-state index contributed by atoms with van der Waals surface area (Å²) in [6.45, 7) is 6.51. The number of benzene rings is 2. The van der Waals surface area contributed by atoms with Crippen molar-refractivity contribution in [3.63, 3.8) is 0 Å². The summed E-state index contributed by atoms with van der Waals surface area (Å²) in [6.07, 6.45) is 1.63. The van der Waals surface area contributed by atoms with Gasteiger partial charge in [-0.3, -0.25) is 9.59 Å². The number of amides is 1. The molecule has 0 saturated heterocycles. The van der Waals surface area contributed by atoms with Crippen LogP contribution in [0.5, 0.6) is 0 Å². The highest BCUT2D eigenvalue weighted by Crippen LogP contribution is 2.18. The van der Waals surface area contributed by atoms with Crippen molar-refractivity contribution in [3.8, 4) is 0 Å². The van der Waals surface area contributed by atoms with Gasteiger partial charge in [0.25, 0.3) is 5.91 Å². The first-order valence-corrected chi connectivity index (χ1v) is 9.33. The maximum Gasteiger partial charge on any atom is 0.333 e. The molecule has 0 bridgehead atoms. The van der Waals surface area contributed by atoms with Crippen molar-refractivity contribution >= 4 is 23.7 Å². The highest BCUT2D eigenvalue weighted by atomic mass is 19.1. The summed E-state index contributed by atoms with van der Waals surface area (Å²) >= 11 is 0. The molecular weight excluding hydrogens is 392 g/mol. The third kappa shape index (κ3) is 5.37. The summed E-state index contributed by atoms with van der Waals surface area (Å²) in [4.78, 5) is 36.9. The second-order valence-electron chi connectivity index (χ2n) is 7.17. The van der Waals surface area contributed by atoms with Gasteiger partial charge in [-0.05, 0) is 51.5 Å². The lowest BCUT2D eigenvalue weighted by Crippen LogP contribution is -2.50. The molecule has 0 spiro atoms. The maximum atomic E-state index is 13.8. The fourth-order valence-electron chi connectivity index (χ4n) is 2.76. The van der Waals surface area contributed by atoms with Crippen molar-refractivity contribution in [3.05, 3.63) is 76.4 Å². The van der Waals surface area contributed by atoms with E-state index in [0.29, 0.717) is 16.7 Å². The van der Waals surface area contributed by atoms with E-state index in [-0.39, 0.29) is 6.61 Å². The lowest BCUT2D eigenvalue weighted by molar-refractivity contribution is -0.138. The molecule has 1 N–H and O–H groups in total. The molecule has 158 valence electrons. The Morgan fingerprint density at radius 2 is 1.60 bits per heavy atom. The first kappa shape index (κ1) is 22.9. The van der Waals surface area contributed by atoms with E-state index >= 15 is 0 Å². The Balaban J connectivity index is 2.17. The molecule has 7 heteroatoms. The summed E-state index contributed by atoms with van der Waals surface area (Å²) in [6, 6.07) is 9.47. The highest BCUT2D eigenvalue weighted by Gasteiger charge is 2.32. The SMILES string of the molecule is CCOC(=O)/C(C)=C/c1ccc(C(=O)C(C)(C)NC(=O)c2c(F)cccc2F)cc1. The van der Waals surface area contributed by atoms with Crippen molar-refractivity contribution in [2.75, 3.05) is 6.61 Å². The van der Waals surface area contributed by atoms with Crippen molar-refractivity contribution in [2.24, 2.45) is 0 Å². The molecule has 0 aliphatic rings. The smallest absolute Gasteiger partial charge is 0.333 e. The van der Waals surface area contributed by atoms with E-state index in [4.69, 9.17) is 4.74 Å². The highest BCUT2D eigenvalue weighted by molar-refractivity contribution is 6.06. The van der Waals surface area contributed by atoms with Crippen LogP contribution in [-0.2, 0) is 9.53 Å². The Morgan fingerprint density at radius 3 is 2.13 bits per heavy atom. The van der Waals surface area contributed by atoms with Gasteiger partial charge in [0.15, 0.2) is 5.78 Å². The van der Waals surface area contributed by atoms with E-state index in [1.165, 1.54) is 13.8 Å². The molecule has 5 nitrogen and oxygen atoms in total. The number of hydrogen-bond donors (Lipinski definition) is 1. The van der Waals surface area contributed by atoms with Crippen LogP contribution in [0.2, 0.25) is 0 Å². The van der Waals surface area contributed by atoms with Gasteiger partial charge in [-0.2, -0.15) is 0 Å². The van der Waals surface area contributed by atoms with Gasteiger partial charge < -0.3 is 10.1 Å². The Kier molecular flexibility index (Phi) is 7.21. The topological polar surface area (TPSA) is 72.5 Å². The summed E-state index contributed by atoms with van der Waals surface area (Å²) in [7, 11) is 0. The van der Waals surface area contributed by atoms with Crippen molar-refractivity contribution < 1.29 is 27.9 Å². The van der Waals surface area contributed by atoms with Gasteiger partial charge in [0.05, 0.1) is 12.1 Å². The van der Waals surface area contributed by atoms with E-state index in [1.807, 2.05) is 0 Å². The Labute approximate surface area is 173 Å². The summed E-state index contributed by atoms with van der Waals surface area (Å²) in [5, 5.41) is 2.39. The maximum absolute atomic E-state index is 13.8. The Morgan fingerprint density at radius 1 is 1.03 bits per heavy atom. The van der Waals surface area contributed by atoms with Gasteiger partial charge in [0.1, 0.15) is 17.2 Å². The fourth-order valence-corrected chi connectivity index (χ4v) is 2.76. The first-order chi connectivity index (χ1) is 14.1. The second kappa shape index (κ2) is 9.43. The predicted octanol–water partition coefficient (Wildman–Crippen LogP) is 4.32. The molecule has 2 aromatic carbocycles. The quantitative estimate of drug-likeness (QED) is 0.415. The molecule has 0 fully saturated rings. The van der Waals surface area contributed by atoms with E-state index in [2.05, 4.69) is 5.32 Å². The molecule has 2 aromatic rings. The summed E-state index contributed by atoms with van der Waals surface area (Å²) in [5.74, 6) is -3.91. The van der Waals surface area contributed by atoms with Gasteiger partial charge in [-0.25, -0.2) is 13.6 Å². The second-order valence-corrected chi connectivity index (χ2v) is 7.17. The molecule has 0 heterocycles. The summed E-state index contributed by atoms with van der Waals surface area (Å²) in [5.41, 5.74) is -0.763. The molecule has 0 atom stereocenters. The van der Waals surface area contributed by atoms with E-state index in [9.17, 15) is 23.2 Å². The van der Waals surface area contributed by atoms with E-state index in [0.717, 1.165) is 18.2 Å². The lowest BCUT2D eigenvalue weighted by Gasteiger charge is -2.25. The molecule has 0 aromatic heterocycles. The molecule has 0 saturated carbocycles. The lowest BCUT2D eigenvalue weighted by atomic mass is 9.92. The average molecular weight is 415 g/mol. The van der Waals surface area contributed by atoms with Crippen LogP contribution in [0, 0.1) is 11.6 Å². The van der Waals surface area contributed by atoms with Crippen molar-refractivity contribution in [1.29, 1.82) is 0 Å². The van der Waals surface area contributed by atoms with Crippen molar-refractivity contribution in [1.82, 2.24) is 5.32 Å². The normalized spacial score (nSPS) is 11.7. The number of carbonyl (C=O) groups excluding carboxylic acids is 3. The number of ether oxygens (including phenoxy) is 1. The van der Waals surface area contributed by atoms with E-state index < -0.39 is 40.4 Å². The van der Waals surface area contributed by atoms with Crippen LogP contribution in [0.1, 0.15) is 54.0 Å². The van der Waals surface area contributed by atoms with Crippen LogP contribution in [0.15, 0.2) is 48.0 Å². The zero-order valence-electron chi connectivity index (χ0n) is 17.2. The summed E-state index contributed by atoms with van der Waals surface area (Å²) < 4.78 is 32.6. The predicted molar refractivity (Wildman–Crippen MR) is 109 cm³/mol. The Bertz CT molecular complexity index is 975. The Hall–Kier alpha value is -3.35. The van der Waals surface area contributed by atoms with Crippen LogP contribution in [0.4, 0.5) is 8.78 Å². The number of carbonyl (C=O) groups is 3. The average Bonchev–Trinajstić information content (AvgIpc) is 2.67. The molecule has 0 aliphatic heterocycles. The molecule has 1 amide bonds. The molecule has 0 unspecified atom stereocenters. The first-order valence-electron chi connectivity index (χ1n) is 9.33.